The van der Waals surface area contributed by atoms with Crippen molar-refractivity contribution in [3.8, 4) is 0 Å². The summed E-state index contributed by atoms with van der Waals surface area (Å²) in [6, 6.07) is 0. The Kier molecular flexibility index (Phi) is 2.73. The maximum Gasteiger partial charge on any atom is 0.312 e. The third-order valence-corrected chi connectivity index (χ3v) is 2.32. The van der Waals surface area contributed by atoms with Gasteiger partial charge in [0.15, 0.2) is 0 Å². The fourth-order valence-electron chi connectivity index (χ4n) is 1.26. The molecule has 1 aliphatic heterocycles. The predicted molar refractivity (Wildman–Crippen MR) is 40.8 cm³/mol. The molecule has 3 nitrogen and oxygen atoms in total. The molecule has 0 aromatic heterocycles. The summed E-state index contributed by atoms with van der Waals surface area (Å²) in [5.41, 5.74) is -0.693. The van der Waals surface area contributed by atoms with Crippen molar-refractivity contribution in [3.63, 3.8) is 0 Å². The molecule has 0 aliphatic carbocycles. The first-order valence-corrected chi connectivity index (χ1v) is 4.12. The van der Waals surface area contributed by atoms with E-state index in [1.807, 2.05) is 0 Å². The molecule has 0 aromatic carbocycles. The summed E-state index contributed by atoms with van der Waals surface area (Å²) in [7, 11) is 0. The summed E-state index contributed by atoms with van der Waals surface area (Å²) in [4.78, 5) is 10.8. The van der Waals surface area contributed by atoms with Crippen LogP contribution in [0.2, 0.25) is 0 Å². The first-order valence-electron chi connectivity index (χ1n) is 3.58. The molecule has 1 saturated heterocycles. The predicted octanol–water partition coefficient (Wildman–Crippen LogP) is 1.11. The van der Waals surface area contributed by atoms with Gasteiger partial charge in [-0.2, -0.15) is 0 Å². The number of rotatable bonds is 3. The molecule has 1 atom stereocenters. The van der Waals surface area contributed by atoms with Crippen LogP contribution >= 0.6 is 11.6 Å². The SMILES string of the molecule is O=C(O)C1(CCCl)CCOC1. The molecule has 1 unspecified atom stereocenters. The van der Waals surface area contributed by atoms with Crippen LogP contribution in [0.1, 0.15) is 12.8 Å². The van der Waals surface area contributed by atoms with E-state index < -0.39 is 11.4 Å². The zero-order valence-electron chi connectivity index (χ0n) is 6.18. The number of halogens is 1. The minimum Gasteiger partial charge on any atom is -0.481 e. The number of hydrogen-bond acceptors (Lipinski definition) is 2. The average Bonchev–Trinajstić information content (AvgIpc) is 2.38. The van der Waals surface area contributed by atoms with Gasteiger partial charge in [0.2, 0.25) is 0 Å². The van der Waals surface area contributed by atoms with E-state index in [9.17, 15) is 4.79 Å². The highest BCUT2D eigenvalue weighted by Gasteiger charge is 2.41. The Hall–Kier alpha value is -0.280. The lowest BCUT2D eigenvalue weighted by atomic mass is 9.85. The van der Waals surface area contributed by atoms with Crippen LogP contribution in [0.4, 0.5) is 0 Å². The lowest BCUT2D eigenvalue weighted by molar-refractivity contribution is -0.149. The van der Waals surface area contributed by atoms with Crippen LogP contribution in [-0.4, -0.2) is 30.2 Å². The minimum atomic E-state index is -0.782. The third-order valence-electron chi connectivity index (χ3n) is 2.13. The zero-order chi connectivity index (χ0) is 8.32. The highest BCUT2D eigenvalue weighted by molar-refractivity contribution is 6.18. The van der Waals surface area contributed by atoms with Crippen molar-refractivity contribution in [2.24, 2.45) is 5.41 Å². The Morgan fingerprint density at radius 1 is 1.73 bits per heavy atom. The van der Waals surface area contributed by atoms with E-state index in [1.165, 1.54) is 0 Å². The summed E-state index contributed by atoms with van der Waals surface area (Å²) in [5.74, 6) is -0.397. The van der Waals surface area contributed by atoms with Crippen molar-refractivity contribution in [1.29, 1.82) is 0 Å². The topological polar surface area (TPSA) is 46.5 Å². The molecule has 0 amide bonds. The first-order chi connectivity index (χ1) is 5.21. The third kappa shape index (κ3) is 1.65. The lowest BCUT2D eigenvalue weighted by Crippen LogP contribution is -2.31. The summed E-state index contributed by atoms with van der Waals surface area (Å²) >= 11 is 5.50. The molecule has 0 aromatic rings. The van der Waals surface area contributed by atoms with Crippen LogP contribution in [0.15, 0.2) is 0 Å². The lowest BCUT2D eigenvalue weighted by Gasteiger charge is -2.19. The van der Waals surface area contributed by atoms with Gasteiger partial charge in [-0.15, -0.1) is 11.6 Å². The van der Waals surface area contributed by atoms with E-state index in [-0.39, 0.29) is 0 Å². The van der Waals surface area contributed by atoms with Gasteiger partial charge in [-0.05, 0) is 12.8 Å². The van der Waals surface area contributed by atoms with E-state index in [2.05, 4.69) is 0 Å². The van der Waals surface area contributed by atoms with Crippen molar-refractivity contribution >= 4 is 17.6 Å². The molecule has 0 saturated carbocycles. The van der Waals surface area contributed by atoms with Crippen LogP contribution in [0, 0.1) is 5.41 Å². The average molecular weight is 179 g/mol. The van der Waals surface area contributed by atoms with Gasteiger partial charge in [0.25, 0.3) is 0 Å². The minimum absolute atomic E-state index is 0.315. The van der Waals surface area contributed by atoms with Gasteiger partial charge in [-0.3, -0.25) is 4.79 Å². The Morgan fingerprint density at radius 2 is 2.45 bits per heavy atom. The molecule has 1 N–H and O–H groups in total. The Labute approximate surface area is 70.3 Å². The van der Waals surface area contributed by atoms with Gasteiger partial charge in [-0.1, -0.05) is 0 Å². The maximum absolute atomic E-state index is 10.8. The van der Waals surface area contributed by atoms with E-state index >= 15 is 0 Å². The van der Waals surface area contributed by atoms with Crippen LogP contribution < -0.4 is 0 Å². The van der Waals surface area contributed by atoms with E-state index in [4.69, 9.17) is 21.4 Å². The Balaban J connectivity index is 2.62. The van der Waals surface area contributed by atoms with E-state index in [1.54, 1.807) is 0 Å². The number of aliphatic carboxylic acids is 1. The summed E-state index contributed by atoms with van der Waals surface area (Å²) in [6.45, 7) is 0.859. The molecule has 1 fully saturated rings. The van der Waals surface area contributed by atoms with Crippen molar-refractivity contribution in [2.45, 2.75) is 12.8 Å². The van der Waals surface area contributed by atoms with Gasteiger partial charge in [0.05, 0.1) is 12.0 Å². The van der Waals surface area contributed by atoms with Crippen LogP contribution in [0.25, 0.3) is 0 Å². The fraction of sp³-hybridized carbons (Fsp3) is 0.857. The van der Waals surface area contributed by atoms with Crippen molar-refractivity contribution in [1.82, 2.24) is 0 Å². The number of carboxylic acids is 1. The molecule has 11 heavy (non-hydrogen) atoms. The normalized spacial score (nSPS) is 30.6. The second kappa shape index (κ2) is 3.41. The molecule has 0 spiro atoms. The van der Waals surface area contributed by atoms with Crippen molar-refractivity contribution < 1.29 is 14.6 Å². The quantitative estimate of drug-likeness (QED) is 0.659. The van der Waals surface area contributed by atoms with Crippen LogP contribution in [0.3, 0.4) is 0 Å². The summed E-state index contributed by atoms with van der Waals surface area (Å²) in [5, 5.41) is 8.86. The van der Waals surface area contributed by atoms with Crippen molar-refractivity contribution in [3.05, 3.63) is 0 Å². The smallest absolute Gasteiger partial charge is 0.312 e. The molecule has 1 heterocycles. The largest absolute Gasteiger partial charge is 0.481 e. The molecule has 0 bridgehead atoms. The zero-order valence-corrected chi connectivity index (χ0v) is 6.93. The number of ether oxygens (including phenoxy) is 1. The van der Waals surface area contributed by atoms with Crippen LogP contribution in [-0.2, 0) is 9.53 Å². The molecule has 1 rings (SSSR count). The molecule has 4 heteroatoms. The molecule has 64 valence electrons. The second-order valence-electron chi connectivity index (χ2n) is 2.83. The molecular formula is C7H11ClO3. The van der Waals surface area contributed by atoms with E-state index in [0.29, 0.717) is 31.9 Å². The van der Waals surface area contributed by atoms with Gasteiger partial charge in [0, 0.05) is 12.5 Å². The number of alkyl halides is 1. The summed E-state index contributed by atoms with van der Waals surface area (Å²) < 4.78 is 5.03. The van der Waals surface area contributed by atoms with Gasteiger partial charge >= 0.3 is 5.97 Å². The fourth-order valence-corrected chi connectivity index (χ4v) is 1.62. The number of carbonyl (C=O) groups is 1. The van der Waals surface area contributed by atoms with Gasteiger partial charge in [0.1, 0.15) is 0 Å². The molecule has 1 aliphatic rings. The number of carboxylic acid groups (broad SMARTS) is 1. The van der Waals surface area contributed by atoms with Crippen molar-refractivity contribution in [2.75, 3.05) is 19.1 Å². The van der Waals surface area contributed by atoms with E-state index in [0.717, 1.165) is 0 Å². The Morgan fingerprint density at radius 3 is 2.82 bits per heavy atom. The van der Waals surface area contributed by atoms with Crippen LogP contribution in [0.5, 0.6) is 0 Å². The Bertz CT molecular complexity index is 152. The number of hydrogen-bond donors (Lipinski definition) is 1. The highest BCUT2D eigenvalue weighted by atomic mass is 35.5. The van der Waals surface area contributed by atoms with Gasteiger partial charge < -0.3 is 9.84 Å². The maximum atomic E-state index is 10.8. The highest BCUT2D eigenvalue weighted by Crippen LogP contribution is 2.32. The second-order valence-corrected chi connectivity index (χ2v) is 3.21. The van der Waals surface area contributed by atoms with Gasteiger partial charge in [-0.25, -0.2) is 0 Å². The summed E-state index contributed by atoms with van der Waals surface area (Å²) in [6.07, 6.45) is 1.10. The first kappa shape index (κ1) is 8.81. The standard InChI is InChI=1S/C7H11ClO3/c8-3-1-7(6(9)10)2-4-11-5-7/h1-5H2,(H,9,10). The molecule has 0 radical (unpaired) electrons. The molecular weight excluding hydrogens is 168 g/mol. The monoisotopic (exact) mass is 178 g/mol.